The summed E-state index contributed by atoms with van der Waals surface area (Å²) in [7, 11) is 0. The van der Waals surface area contributed by atoms with Crippen molar-refractivity contribution >= 4 is 17.6 Å². The van der Waals surface area contributed by atoms with Crippen LogP contribution in [0.2, 0.25) is 0 Å². The number of halogens is 1. The zero-order valence-electron chi connectivity index (χ0n) is 15.3. The molecule has 0 radical (unpaired) electrons. The summed E-state index contributed by atoms with van der Waals surface area (Å²) in [5.74, 6) is 2.17. The number of esters is 1. The lowest BCUT2D eigenvalue weighted by molar-refractivity contribution is -0.156. The Labute approximate surface area is 151 Å². The van der Waals surface area contributed by atoms with E-state index in [2.05, 4.69) is 19.9 Å². The third kappa shape index (κ3) is 2.39. The van der Waals surface area contributed by atoms with Gasteiger partial charge in [0.1, 0.15) is 6.10 Å². The van der Waals surface area contributed by atoms with E-state index in [1.165, 1.54) is 32.1 Å². The van der Waals surface area contributed by atoms with Gasteiger partial charge in [-0.25, -0.2) is 0 Å². The molecule has 3 saturated carbocycles. The molecule has 4 aliphatic rings. The standard InChI is InChI=1S/C21H31ClO2/c1-13(23)24-19-7-6-17-16-5-4-14-12-15(22)8-10-20(14,2)18(16)9-11-21(17,19)3/h4,15-19H,5-12H2,1-3H3/t15-,16-,17-,18-,19-,20-,21-/m0/s1. The van der Waals surface area contributed by atoms with Crippen LogP contribution in [0.15, 0.2) is 11.6 Å². The molecule has 3 heteroatoms. The van der Waals surface area contributed by atoms with Crippen molar-refractivity contribution in [3.8, 4) is 0 Å². The van der Waals surface area contributed by atoms with Gasteiger partial charge in [0.15, 0.2) is 0 Å². The molecule has 0 spiro atoms. The lowest BCUT2D eigenvalue weighted by atomic mass is 9.48. The maximum Gasteiger partial charge on any atom is 0.302 e. The van der Waals surface area contributed by atoms with Gasteiger partial charge < -0.3 is 4.74 Å². The lowest BCUT2D eigenvalue weighted by Gasteiger charge is -2.57. The minimum atomic E-state index is -0.109. The Hall–Kier alpha value is -0.500. The first-order valence-electron chi connectivity index (χ1n) is 9.85. The number of fused-ring (bicyclic) bond motifs is 5. The first-order valence-corrected chi connectivity index (χ1v) is 10.3. The van der Waals surface area contributed by atoms with Gasteiger partial charge in [0.2, 0.25) is 0 Å². The van der Waals surface area contributed by atoms with E-state index >= 15 is 0 Å². The molecule has 24 heavy (non-hydrogen) atoms. The molecule has 0 aromatic carbocycles. The van der Waals surface area contributed by atoms with Crippen molar-refractivity contribution in [2.24, 2.45) is 28.6 Å². The van der Waals surface area contributed by atoms with Crippen LogP contribution in [0.1, 0.15) is 72.1 Å². The van der Waals surface area contributed by atoms with Gasteiger partial charge in [-0.3, -0.25) is 4.79 Å². The Bertz CT molecular complexity index is 570. The van der Waals surface area contributed by atoms with Crippen LogP contribution in [0, 0.1) is 28.6 Å². The van der Waals surface area contributed by atoms with Crippen LogP contribution in [0.5, 0.6) is 0 Å². The van der Waals surface area contributed by atoms with E-state index in [4.69, 9.17) is 16.3 Å². The van der Waals surface area contributed by atoms with Crippen molar-refractivity contribution in [3.63, 3.8) is 0 Å². The summed E-state index contributed by atoms with van der Waals surface area (Å²) >= 11 is 6.46. The third-order valence-corrected chi connectivity index (χ3v) is 8.64. The highest BCUT2D eigenvalue weighted by atomic mass is 35.5. The normalized spacial score (nSPS) is 50.3. The Morgan fingerprint density at radius 2 is 1.96 bits per heavy atom. The molecule has 0 aliphatic heterocycles. The number of carbonyl (C=O) groups is 1. The van der Waals surface area contributed by atoms with Gasteiger partial charge in [0.05, 0.1) is 0 Å². The van der Waals surface area contributed by atoms with Gasteiger partial charge in [-0.05, 0) is 74.5 Å². The van der Waals surface area contributed by atoms with Crippen molar-refractivity contribution in [2.45, 2.75) is 83.6 Å². The van der Waals surface area contributed by atoms with Crippen LogP contribution in [0.3, 0.4) is 0 Å². The van der Waals surface area contributed by atoms with E-state index in [1.807, 2.05) is 0 Å². The predicted molar refractivity (Wildman–Crippen MR) is 96.9 cm³/mol. The van der Waals surface area contributed by atoms with Crippen LogP contribution in [0.4, 0.5) is 0 Å². The highest BCUT2D eigenvalue weighted by molar-refractivity contribution is 6.20. The minimum Gasteiger partial charge on any atom is -0.462 e. The van der Waals surface area contributed by atoms with Gasteiger partial charge in [-0.2, -0.15) is 0 Å². The molecule has 0 amide bonds. The fourth-order valence-corrected chi connectivity index (χ4v) is 7.24. The highest BCUT2D eigenvalue weighted by Crippen LogP contribution is 2.65. The number of hydrogen-bond acceptors (Lipinski definition) is 2. The molecule has 0 N–H and O–H groups in total. The second-order valence-corrected chi connectivity index (χ2v) is 9.94. The molecule has 0 unspecified atom stereocenters. The number of alkyl halides is 1. The summed E-state index contributed by atoms with van der Waals surface area (Å²) in [5, 5.41) is 0.342. The largest absolute Gasteiger partial charge is 0.462 e. The smallest absolute Gasteiger partial charge is 0.302 e. The SMILES string of the molecule is CC(=O)O[C@H]1CC[C@H]2[C@@H]3CC=C4C[C@@H](Cl)CC[C@]4(C)[C@H]3CC[C@]12C. The van der Waals surface area contributed by atoms with E-state index in [0.717, 1.165) is 31.1 Å². The number of ether oxygens (including phenoxy) is 1. The van der Waals surface area contributed by atoms with E-state index < -0.39 is 0 Å². The van der Waals surface area contributed by atoms with E-state index in [-0.39, 0.29) is 17.5 Å². The predicted octanol–water partition coefficient (Wildman–Crippen LogP) is 5.49. The average molecular weight is 351 g/mol. The van der Waals surface area contributed by atoms with Crippen LogP contribution in [-0.2, 0) is 9.53 Å². The fourth-order valence-electron chi connectivity index (χ4n) is 6.96. The molecule has 0 bridgehead atoms. The van der Waals surface area contributed by atoms with E-state index in [0.29, 0.717) is 16.7 Å². The molecule has 2 nitrogen and oxygen atoms in total. The fraction of sp³-hybridized carbons (Fsp3) is 0.857. The van der Waals surface area contributed by atoms with Crippen molar-refractivity contribution in [1.82, 2.24) is 0 Å². The highest BCUT2D eigenvalue weighted by Gasteiger charge is 2.59. The minimum absolute atomic E-state index is 0.109. The third-order valence-electron chi connectivity index (χ3n) is 8.27. The second-order valence-electron chi connectivity index (χ2n) is 9.32. The lowest BCUT2D eigenvalue weighted by Crippen LogP contribution is -2.51. The van der Waals surface area contributed by atoms with Gasteiger partial charge in [-0.15, -0.1) is 11.6 Å². The summed E-state index contributed by atoms with van der Waals surface area (Å²) in [5.41, 5.74) is 2.21. The summed E-state index contributed by atoms with van der Waals surface area (Å²) in [4.78, 5) is 11.5. The monoisotopic (exact) mass is 350 g/mol. The maximum atomic E-state index is 11.5. The first-order chi connectivity index (χ1) is 11.3. The number of carbonyl (C=O) groups excluding carboxylic acids is 1. The Morgan fingerprint density at radius 3 is 2.71 bits per heavy atom. The molecule has 4 rings (SSSR count). The molecular weight excluding hydrogens is 320 g/mol. The molecule has 134 valence electrons. The number of allylic oxidation sites excluding steroid dienone is 2. The molecular formula is C21H31ClO2. The molecule has 7 atom stereocenters. The number of rotatable bonds is 1. The second kappa shape index (κ2) is 5.76. The molecule has 0 aromatic rings. The Morgan fingerprint density at radius 1 is 1.17 bits per heavy atom. The average Bonchev–Trinajstić information content (AvgIpc) is 2.84. The van der Waals surface area contributed by atoms with Crippen LogP contribution < -0.4 is 0 Å². The zero-order valence-corrected chi connectivity index (χ0v) is 16.1. The topological polar surface area (TPSA) is 26.3 Å². The van der Waals surface area contributed by atoms with E-state index in [9.17, 15) is 4.79 Å². The molecule has 0 heterocycles. The Balaban J connectivity index is 1.62. The van der Waals surface area contributed by atoms with Gasteiger partial charge >= 0.3 is 5.97 Å². The first kappa shape index (κ1) is 16.9. The van der Waals surface area contributed by atoms with Crippen LogP contribution in [0.25, 0.3) is 0 Å². The van der Waals surface area contributed by atoms with Gasteiger partial charge in [0.25, 0.3) is 0 Å². The molecule has 4 aliphatic carbocycles. The summed E-state index contributed by atoms with van der Waals surface area (Å²) in [6.45, 7) is 6.47. The van der Waals surface area contributed by atoms with Crippen molar-refractivity contribution < 1.29 is 9.53 Å². The molecule has 3 fully saturated rings. The quantitative estimate of drug-likeness (QED) is 0.355. The van der Waals surface area contributed by atoms with E-state index in [1.54, 1.807) is 12.5 Å². The number of hydrogen-bond donors (Lipinski definition) is 0. The van der Waals surface area contributed by atoms with Gasteiger partial charge in [0, 0.05) is 17.7 Å². The summed E-state index contributed by atoms with van der Waals surface area (Å²) in [6, 6.07) is 0. The Kier molecular flexibility index (Phi) is 4.06. The summed E-state index contributed by atoms with van der Waals surface area (Å²) < 4.78 is 5.74. The maximum absolute atomic E-state index is 11.5. The van der Waals surface area contributed by atoms with Crippen LogP contribution in [-0.4, -0.2) is 17.5 Å². The van der Waals surface area contributed by atoms with Gasteiger partial charge in [-0.1, -0.05) is 25.5 Å². The van der Waals surface area contributed by atoms with Crippen molar-refractivity contribution in [2.75, 3.05) is 0 Å². The van der Waals surface area contributed by atoms with Crippen LogP contribution >= 0.6 is 11.6 Å². The van der Waals surface area contributed by atoms with Crippen molar-refractivity contribution in [3.05, 3.63) is 11.6 Å². The summed E-state index contributed by atoms with van der Waals surface area (Å²) in [6.07, 6.45) is 12.2. The van der Waals surface area contributed by atoms with Crippen molar-refractivity contribution in [1.29, 1.82) is 0 Å². The molecule has 0 saturated heterocycles. The zero-order chi connectivity index (χ0) is 17.1. The molecule has 0 aromatic heterocycles.